The molecule has 1 aliphatic carbocycles. The Bertz CT molecular complexity index is 8210. The van der Waals surface area contributed by atoms with Gasteiger partial charge >= 0.3 is 7.12 Å². The summed E-state index contributed by atoms with van der Waals surface area (Å²) < 4.78 is 10.5. The van der Waals surface area contributed by atoms with E-state index in [9.17, 15) is 10.0 Å². The smallest absolute Gasteiger partial charge is 0.423 e. The van der Waals surface area contributed by atoms with Crippen LogP contribution >= 0.6 is 15.9 Å². The molecule has 8 heterocycles. The summed E-state index contributed by atoms with van der Waals surface area (Å²) in [6.45, 7) is 13.8. The van der Waals surface area contributed by atoms with Crippen LogP contribution in [0.1, 0.15) is 74.9 Å². The minimum Gasteiger partial charge on any atom is -0.423 e. The topological polar surface area (TPSA) is 92.4 Å². The molecule has 12 heteroatoms. The molecule has 0 radical (unpaired) electrons. The van der Waals surface area contributed by atoms with E-state index in [0.717, 1.165) is 72.2 Å². The number of rotatable bonds is 11. The molecule has 0 unspecified atom stereocenters. The predicted molar refractivity (Wildman–Crippen MR) is 548 cm³/mol. The normalized spacial score (nSPS) is 13.5. The molecule has 10 nitrogen and oxygen atoms in total. The van der Waals surface area contributed by atoms with E-state index in [2.05, 4.69) is 461 Å². The Hall–Kier alpha value is -15.4. The zero-order valence-corrected chi connectivity index (χ0v) is 74.9. The number of nitrogens with zero attached hydrogens (tertiary/aromatic N) is 8. The Labute approximate surface area is 770 Å². The van der Waals surface area contributed by atoms with Crippen molar-refractivity contribution >= 4 is 128 Å². The lowest BCUT2D eigenvalue weighted by molar-refractivity contribution is 0.425. The van der Waals surface area contributed by atoms with Gasteiger partial charge in [0.1, 0.15) is 0 Å². The lowest BCUT2D eigenvalue weighted by Crippen LogP contribution is -2.35. The molecule has 0 bridgehead atoms. The van der Waals surface area contributed by atoms with E-state index < -0.39 is 7.12 Å². The van der Waals surface area contributed by atoms with Crippen LogP contribution in [0.25, 0.3) is 144 Å². The standard InChI is InChI=1S/C58H42N4.C35H31BN2O2.C26H17BrN2/c1-58(2)50-37-42(24-30-55(50)61(46-26-21-40(22-27-46)39-14-6-3-7-15-39)56-31-25-43(38-51(56)58)52-20-12-13-34-59-52)41-23-29-54-49(36-41)47-28-32-53-48(33-35-60(53)44-16-8-4-9-17-44)57(47)62(54)45-18-10-5-11-19-45;1-34(2)27-10-6-5-9-25(27)26-15-14-24(21-28(26)34)38-32-16-12-22(31-11-7-8-18-37-31)19-29(32)35(3,4)30-20-23(36(39)40)13-17-33(30)38;27-18-11-13-25-23(17-18)21-12-14-24-22(15-16-28(24)19-7-3-1-4-8-19)26(21)29(25)20-9-5-2-6-10-20/h3-38H,1-2H3;5-21,39-40H,1-4H3;1-17H. The Morgan fingerprint density at radius 2 is 0.649 bits per heavy atom. The quantitative estimate of drug-likeness (QED) is 0.125. The third kappa shape index (κ3) is 13.4. The van der Waals surface area contributed by atoms with Crippen molar-refractivity contribution in [2.45, 2.75) is 57.8 Å². The number of hydrogen-bond acceptors (Lipinski definition) is 6. The maximum Gasteiger partial charge on any atom is 0.488 e. The third-order valence-electron chi connectivity index (χ3n) is 27.5. The number of pyridine rings is 2. The van der Waals surface area contributed by atoms with Crippen molar-refractivity contribution in [1.82, 2.24) is 28.2 Å². The van der Waals surface area contributed by atoms with Crippen molar-refractivity contribution in [3.05, 3.63) is 463 Å². The molecular weight excluding hydrogens is 1660 g/mol. The van der Waals surface area contributed by atoms with Crippen LogP contribution < -0.4 is 15.3 Å². The van der Waals surface area contributed by atoms with Crippen LogP contribution in [-0.4, -0.2) is 45.4 Å². The van der Waals surface area contributed by atoms with Crippen LogP contribution in [0.2, 0.25) is 0 Å². The number of hydrogen-bond donors (Lipinski definition) is 2. The summed E-state index contributed by atoms with van der Waals surface area (Å²) in [6, 6.07) is 143. The van der Waals surface area contributed by atoms with Gasteiger partial charge in [-0.3, -0.25) is 9.97 Å². The second-order valence-corrected chi connectivity index (χ2v) is 37.0. The zero-order chi connectivity index (χ0) is 88.5. The molecule has 628 valence electrons. The maximum atomic E-state index is 10.0. The molecule has 0 amide bonds. The number of para-hydroxylation sites is 4. The molecule has 0 atom stereocenters. The molecule has 0 spiro atoms. The molecule has 0 saturated heterocycles. The first-order valence-corrected chi connectivity index (χ1v) is 45.6. The minimum atomic E-state index is -1.53. The fraction of sp³-hybridized carbons (Fsp3) is 0.0756. The fourth-order valence-electron chi connectivity index (χ4n) is 21.0. The van der Waals surface area contributed by atoms with Crippen molar-refractivity contribution in [3.63, 3.8) is 0 Å². The SMILES string of the molecule is Brc1ccc2c(c1)c1ccc3c(ccn3-c3ccccc3)c1n2-c1ccccc1.CC1(C)c2cc(-c3ccc4c(c3)c3ccc5c(ccn5-c5ccccc5)c3n4-c3ccccc3)ccc2N(c2ccc(-c3ccccc3)cc2)c2ccc(-c3ccccn3)cc21.CC1(C)c2ccccc2-c2ccc(N3c4ccc(B(O)O)cc4C(C)(C)c4cc(-c5ccccn5)ccc43)cc21. The van der Waals surface area contributed by atoms with Gasteiger partial charge in [-0.25, -0.2) is 0 Å². The Balaban J connectivity index is 0.000000121. The monoisotopic (exact) mass is 1750 g/mol. The van der Waals surface area contributed by atoms with E-state index in [1.54, 1.807) is 0 Å². The molecule has 16 aromatic carbocycles. The zero-order valence-electron chi connectivity index (χ0n) is 73.3. The van der Waals surface area contributed by atoms with Gasteiger partial charge in [0.15, 0.2) is 0 Å². The van der Waals surface area contributed by atoms with Gasteiger partial charge in [0.05, 0.1) is 67.2 Å². The van der Waals surface area contributed by atoms with E-state index >= 15 is 0 Å². The van der Waals surface area contributed by atoms with Gasteiger partial charge in [-0.15, -0.1) is 0 Å². The molecule has 131 heavy (non-hydrogen) atoms. The second-order valence-electron chi connectivity index (χ2n) is 36.1. The summed E-state index contributed by atoms with van der Waals surface area (Å²) in [5.74, 6) is 0. The van der Waals surface area contributed by atoms with Gasteiger partial charge < -0.3 is 38.1 Å². The van der Waals surface area contributed by atoms with Crippen LogP contribution in [-0.2, 0) is 16.2 Å². The Morgan fingerprint density at radius 3 is 1.17 bits per heavy atom. The van der Waals surface area contributed by atoms with Crippen LogP contribution in [0.15, 0.2) is 430 Å². The van der Waals surface area contributed by atoms with Gasteiger partial charge in [-0.05, 0) is 266 Å². The Kier molecular flexibility index (Phi) is 19.5. The first-order valence-electron chi connectivity index (χ1n) is 44.8. The van der Waals surface area contributed by atoms with Gasteiger partial charge in [-0.1, -0.05) is 264 Å². The van der Waals surface area contributed by atoms with E-state index in [-0.39, 0.29) is 16.2 Å². The highest BCUT2D eigenvalue weighted by molar-refractivity contribution is 9.10. The van der Waals surface area contributed by atoms with Crippen LogP contribution in [0, 0.1) is 0 Å². The van der Waals surface area contributed by atoms with Gasteiger partial charge in [-0.2, -0.15) is 0 Å². The summed E-state index contributed by atoms with van der Waals surface area (Å²) in [5.41, 5.74) is 37.2. The molecule has 6 aromatic heterocycles. The lowest BCUT2D eigenvalue weighted by atomic mass is 9.69. The molecular formula is C119H90BBrN8O2. The largest absolute Gasteiger partial charge is 0.488 e. The summed E-state index contributed by atoms with van der Waals surface area (Å²) in [7, 11) is -1.53. The summed E-state index contributed by atoms with van der Waals surface area (Å²) >= 11 is 3.65. The summed E-state index contributed by atoms with van der Waals surface area (Å²) in [4.78, 5) is 14.1. The molecule has 22 aromatic rings. The van der Waals surface area contributed by atoms with Crippen LogP contribution in [0.5, 0.6) is 0 Å². The molecule has 2 aliphatic heterocycles. The minimum absolute atomic E-state index is 0.115. The average Bonchev–Trinajstić information content (AvgIpc) is 1.68. The number of anilines is 6. The summed E-state index contributed by atoms with van der Waals surface area (Å²) in [5, 5.41) is 27.6. The highest BCUT2D eigenvalue weighted by atomic mass is 79.9. The van der Waals surface area contributed by atoms with Crippen molar-refractivity contribution in [2.75, 3.05) is 9.80 Å². The number of halogens is 1. The van der Waals surface area contributed by atoms with E-state index in [1.165, 1.54) is 144 Å². The summed E-state index contributed by atoms with van der Waals surface area (Å²) in [6.07, 6.45) is 8.06. The molecule has 2 N–H and O–H groups in total. The first-order chi connectivity index (χ1) is 64.0. The number of aromatic nitrogens is 6. The average molecular weight is 1750 g/mol. The van der Waals surface area contributed by atoms with Gasteiger partial charge in [0, 0.05) is 123 Å². The first kappa shape index (κ1) is 80.2. The molecule has 0 fully saturated rings. The van der Waals surface area contributed by atoms with Gasteiger partial charge in [0.25, 0.3) is 0 Å². The Morgan fingerprint density at radius 1 is 0.260 bits per heavy atom. The van der Waals surface area contributed by atoms with E-state index in [0.29, 0.717) is 5.46 Å². The molecule has 0 saturated carbocycles. The van der Waals surface area contributed by atoms with Crippen LogP contribution in [0.3, 0.4) is 0 Å². The van der Waals surface area contributed by atoms with Crippen molar-refractivity contribution in [2.24, 2.45) is 0 Å². The van der Waals surface area contributed by atoms with Crippen LogP contribution in [0.4, 0.5) is 34.1 Å². The fourth-order valence-corrected chi connectivity index (χ4v) is 21.3. The van der Waals surface area contributed by atoms with Crippen molar-refractivity contribution < 1.29 is 10.0 Å². The molecule has 3 aliphatic rings. The number of benzene rings is 16. The van der Waals surface area contributed by atoms with Gasteiger partial charge in [0.2, 0.25) is 0 Å². The van der Waals surface area contributed by atoms with Crippen molar-refractivity contribution in [3.8, 4) is 78.6 Å². The van der Waals surface area contributed by atoms with E-state index in [1.807, 2.05) is 54.9 Å². The van der Waals surface area contributed by atoms with Crippen molar-refractivity contribution in [1.29, 1.82) is 0 Å². The second kappa shape index (κ2) is 31.8. The highest BCUT2D eigenvalue weighted by Crippen LogP contribution is 2.58. The lowest BCUT2D eigenvalue weighted by Gasteiger charge is -2.42. The predicted octanol–water partition coefficient (Wildman–Crippen LogP) is 29.6. The number of fused-ring (bicyclic) bond motifs is 17. The maximum absolute atomic E-state index is 10.0. The van der Waals surface area contributed by atoms with E-state index in [4.69, 9.17) is 4.98 Å². The third-order valence-corrected chi connectivity index (χ3v) is 28.0. The molecule has 25 rings (SSSR count). The highest BCUT2D eigenvalue weighted by Gasteiger charge is 2.42.